The summed E-state index contributed by atoms with van der Waals surface area (Å²) >= 11 is 0.516. The van der Waals surface area contributed by atoms with Crippen molar-refractivity contribution in [1.29, 1.82) is 0 Å². The van der Waals surface area contributed by atoms with E-state index in [9.17, 15) is 26.4 Å². The molecule has 0 aromatic carbocycles. The molecule has 1 aliphatic heterocycles. The highest BCUT2D eigenvalue weighted by Crippen LogP contribution is 2.40. The third-order valence-electron chi connectivity index (χ3n) is 2.80. The first kappa shape index (κ1) is 16.2. The predicted octanol–water partition coefficient (Wildman–Crippen LogP) is 1.43. The van der Waals surface area contributed by atoms with Gasteiger partial charge in [0.2, 0.25) is 10.0 Å². The zero-order valence-electron chi connectivity index (χ0n) is 10.7. The third kappa shape index (κ3) is 3.04. The van der Waals surface area contributed by atoms with Crippen LogP contribution in [0.2, 0.25) is 0 Å². The van der Waals surface area contributed by atoms with E-state index in [1.54, 1.807) is 0 Å². The van der Waals surface area contributed by atoms with Crippen LogP contribution in [0, 0.1) is 0 Å². The minimum Gasteiger partial charge on any atom is -0.464 e. The normalized spacial score (nSPS) is 20.7. The summed E-state index contributed by atoms with van der Waals surface area (Å²) in [7, 11) is -3.23. The fourth-order valence-electron chi connectivity index (χ4n) is 1.85. The first-order valence-corrected chi connectivity index (χ1v) is 8.13. The minimum absolute atomic E-state index is 0.0533. The third-order valence-corrected chi connectivity index (χ3v) is 6.03. The van der Waals surface area contributed by atoms with E-state index in [-0.39, 0.29) is 18.0 Å². The standard InChI is InChI=1S/C10H11F3N2O4S2/c1-19-8(16)7-4-6(5-14-7)21(17,18)15-2-3-20-9(15)10(11,12)13/h4-5,9,14H,2-3H2,1H3. The van der Waals surface area contributed by atoms with Crippen LogP contribution in [0.25, 0.3) is 0 Å². The molecule has 1 aromatic rings. The van der Waals surface area contributed by atoms with Gasteiger partial charge in [-0.1, -0.05) is 0 Å². The van der Waals surface area contributed by atoms with E-state index in [2.05, 4.69) is 9.72 Å². The number of carbonyl (C=O) groups is 1. The van der Waals surface area contributed by atoms with Gasteiger partial charge in [0, 0.05) is 18.5 Å². The van der Waals surface area contributed by atoms with Gasteiger partial charge in [-0.3, -0.25) is 0 Å². The number of aromatic nitrogens is 1. The lowest BCUT2D eigenvalue weighted by molar-refractivity contribution is -0.144. The number of thioether (sulfide) groups is 1. The average Bonchev–Trinajstić information content (AvgIpc) is 3.05. The van der Waals surface area contributed by atoms with Crippen molar-refractivity contribution in [3.63, 3.8) is 0 Å². The van der Waals surface area contributed by atoms with E-state index in [4.69, 9.17) is 0 Å². The Bertz CT molecular complexity index is 641. The van der Waals surface area contributed by atoms with Crippen molar-refractivity contribution in [3.8, 4) is 0 Å². The first-order chi connectivity index (χ1) is 9.67. The molecule has 6 nitrogen and oxygen atoms in total. The maximum Gasteiger partial charge on any atom is 0.414 e. The van der Waals surface area contributed by atoms with Gasteiger partial charge in [0.25, 0.3) is 0 Å². The summed E-state index contributed by atoms with van der Waals surface area (Å²) in [5.74, 6) is -0.753. The molecule has 0 saturated carbocycles. The van der Waals surface area contributed by atoms with Gasteiger partial charge >= 0.3 is 12.1 Å². The molecule has 2 heterocycles. The SMILES string of the molecule is COC(=O)c1cc(S(=O)(=O)N2CCSC2C(F)(F)F)c[nH]1. The summed E-state index contributed by atoms with van der Waals surface area (Å²) in [6, 6.07) is 0.956. The molecule has 1 unspecified atom stereocenters. The van der Waals surface area contributed by atoms with Crippen molar-refractivity contribution in [2.24, 2.45) is 0 Å². The number of hydrogen-bond donors (Lipinski definition) is 1. The van der Waals surface area contributed by atoms with Crippen LogP contribution >= 0.6 is 11.8 Å². The Hall–Kier alpha value is -1.20. The number of halogens is 3. The number of esters is 1. The molecule has 1 atom stereocenters. The summed E-state index contributed by atoms with van der Waals surface area (Å²) in [5.41, 5.74) is -0.147. The smallest absolute Gasteiger partial charge is 0.414 e. The van der Waals surface area contributed by atoms with E-state index in [0.29, 0.717) is 16.1 Å². The van der Waals surface area contributed by atoms with Crippen molar-refractivity contribution >= 4 is 27.8 Å². The molecule has 1 saturated heterocycles. The van der Waals surface area contributed by atoms with Crippen molar-refractivity contribution in [3.05, 3.63) is 18.0 Å². The lowest BCUT2D eigenvalue weighted by Crippen LogP contribution is -2.43. The van der Waals surface area contributed by atoms with Gasteiger partial charge in [-0.2, -0.15) is 17.5 Å². The maximum atomic E-state index is 12.8. The highest BCUT2D eigenvalue weighted by Gasteiger charge is 2.51. The number of H-pyrrole nitrogens is 1. The van der Waals surface area contributed by atoms with E-state index in [1.807, 2.05) is 0 Å². The zero-order chi connectivity index (χ0) is 15.8. The quantitative estimate of drug-likeness (QED) is 0.839. The second-order valence-electron chi connectivity index (χ2n) is 4.12. The molecule has 1 aliphatic rings. The molecule has 21 heavy (non-hydrogen) atoms. The fraction of sp³-hybridized carbons (Fsp3) is 0.500. The van der Waals surface area contributed by atoms with Gasteiger partial charge in [-0.15, -0.1) is 11.8 Å². The van der Waals surface area contributed by atoms with Crippen molar-refractivity contribution in [2.45, 2.75) is 16.4 Å². The van der Waals surface area contributed by atoms with Gasteiger partial charge < -0.3 is 9.72 Å². The molecule has 2 rings (SSSR count). The number of ether oxygens (including phenoxy) is 1. The first-order valence-electron chi connectivity index (χ1n) is 5.65. The van der Waals surface area contributed by atoms with Gasteiger partial charge in [-0.05, 0) is 6.07 Å². The van der Waals surface area contributed by atoms with E-state index < -0.39 is 32.4 Å². The van der Waals surface area contributed by atoms with Crippen LogP contribution in [0.4, 0.5) is 13.2 Å². The van der Waals surface area contributed by atoms with Crippen molar-refractivity contribution in [1.82, 2.24) is 9.29 Å². The number of nitrogens with zero attached hydrogens (tertiary/aromatic N) is 1. The topological polar surface area (TPSA) is 79.5 Å². The number of hydrogen-bond acceptors (Lipinski definition) is 5. The Morgan fingerprint density at radius 1 is 1.52 bits per heavy atom. The summed E-state index contributed by atoms with van der Waals surface area (Å²) in [4.78, 5) is 13.2. The Balaban J connectivity index is 2.34. The summed E-state index contributed by atoms with van der Waals surface area (Å²) < 4.78 is 67.8. The number of nitrogens with one attached hydrogen (secondary N) is 1. The number of alkyl halides is 3. The highest BCUT2D eigenvalue weighted by molar-refractivity contribution is 8.01. The average molecular weight is 344 g/mol. The Labute approximate surface area is 122 Å². The molecule has 0 bridgehead atoms. The summed E-state index contributed by atoms with van der Waals surface area (Å²) in [6.07, 6.45) is -3.69. The number of carbonyl (C=O) groups excluding carboxylic acids is 1. The Kier molecular flexibility index (Phi) is 4.26. The van der Waals surface area contributed by atoms with Crippen LogP contribution in [0.5, 0.6) is 0 Å². The van der Waals surface area contributed by atoms with Gasteiger partial charge in [0.15, 0.2) is 5.37 Å². The second kappa shape index (κ2) is 5.54. The Morgan fingerprint density at radius 3 is 2.76 bits per heavy atom. The molecular weight excluding hydrogens is 333 g/mol. The van der Waals surface area contributed by atoms with Crippen LogP contribution in [0.15, 0.2) is 17.2 Å². The monoisotopic (exact) mass is 344 g/mol. The molecule has 118 valence electrons. The second-order valence-corrected chi connectivity index (χ2v) is 7.20. The van der Waals surface area contributed by atoms with Gasteiger partial charge in [0.05, 0.1) is 7.11 Å². The molecule has 0 spiro atoms. The van der Waals surface area contributed by atoms with Crippen molar-refractivity contribution in [2.75, 3.05) is 19.4 Å². The van der Waals surface area contributed by atoms with E-state index in [0.717, 1.165) is 19.4 Å². The van der Waals surface area contributed by atoms with Gasteiger partial charge in [0.1, 0.15) is 10.6 Å². The molecule has 0 aliphatic carbocycles. The van der Waals surface area contributed by atoms with Gasteiger partial charge in [-0.25, -0.2) is 13.2 Å². The maximum absolute atomic E-state index is 12.8. The van der Waals surface area contributed by atoms with E-state index >= 15 is 0 Å². The highest BCUT2D eigenvalue weighted by atomic mass is 32.2. The van der Waals surface area contributed by atoms with E-state index in [1.165, 1.54) is 0 Å². The molecule has 0 radical (unpaired) electrons. The molecule has 1 aromatic heterocycles. The molecule has 1 fully saturated rings. The van der Waals surface area contributed by atoms with Crippen LogP contribution in [-0.4, -0.2) is 54.6 Å². The lowest BCUT2D eigenvalue weighted by Gasteiger charge is -2.24. The zero-order valence-corrected chi connectivity index (χ0v) is 12.3. The fourth-order valence-corrected chi connectivity index (χ4v) is 4.92. The minimum atomic E-state index is -4.66. The number of aromatic amines is 1. The number of rotatable bonds is 3. The molecular formula is C10H11F3N2O4S2. The predicted molar refractivity (Wildman–Crippen MR) is 68.3 cm³/mol. The Morgan fingerprint density at radius 2 is 2.19 bits per heavy atom. The molecule has 11 heteroatoms. The largest absolute Gasteiger partial charge is 0.464 e. The number of sulfonamides is 1. The van der Waals surface area contributed by atoms with Crippen LogP contribution in [-0.2, 0) is 14.8 Å². The van der Waals surface area contributed by atoms with Crippen LogP contribution < -0.4 is 0 Å². The lowest BCUT2D eigenvalue weighted by atomic mass is 10.4. The number of methoxy groups -OCH3 is 1. The van der Waals surface area contributed by atoms with Crippen molar-refractivity contribution < 1.29 is 31.1 Å². The molecule has 0 amide bonds. The summed E-state index contributed by atoms with van der Waals surface area (Å²) in [6.45, 7) is -0.240. The van der Waals surface area contributed by atoms with Crippen LogP contribution in [0.1, 0.15) is 10.5 Å². The molecule has 1 N–H and O–H groups in total. The summed E-state index contributed by atoms with van der Waals surface area (Å²) in [5, 5.41) is -2.11. The van der Waals surface area contributed by atoms with Crippen LogP contribution in [0.3, 0.4) is 0 Å².